The Bertz CT molecular complexity index is 692. The van der Waals surface area contributed by atoms with E-state index in [1.165, 1.54) is 5.56 Å². The molecule has 1 aromatic heterocycles. The molecule has 0 radical (unpaired) electrons. The number of rotatable bonds is 7. The van der Waals surface area contributed by atoms with Gasteiger partial charge in [0, 0.05) is 12.6 Å². The number of carbonyl (C=O) groups is 2. The van der Waals surface area contributed by atoms with Crippen molar-refractivity contribution in [2.45, 2.75) is 32.7 Å². The fourth-order valence-electron chi connectivity index (χ4n) is 2.19. The van der Waals surface area contributed by atoms with Crippen LogP contribution < -0.4 is 10.6 Å². The third-order valence-corrected chi connectivity index (χ3v) is 3.56. The van der Waals surface area contributed by atoms with Gasteiger partial charge in [-0.05, 0) is 17.0 Å². The average molecular weight is 330 g/mol. The summed E-state index contributed by atoms with van der Waals surface area (Å²) >= 11 is 0. The lowest BCUT2D eigenvalue weighted by molar-refractivity contribution is -0.136. The van der Waals surface area contributed by atoms with Crippen molar-refractivity contribution >= 4 is 17.8 Å². The normalized spacial score (nSPS) is 10.6. The Morgan fingerprint density at radius 1 is 1.21 bits per heavy atom. The zero-order chi connectivity index (χ0) is 17.5. The maximum absolute atomic E-state index is 11.8. The summed E-state index contributed by atoms with van der Waals surface area (Å²) in [6.45, 7) is 4.91. The van der Waals surface area contributed by atoms with Crippen molar-refractivity contribution < 1.29 is 14.7 Å². The lowest BCUT2D eigenvalue weighted by atomic mass is 10.0. The number of benzene rings is 1. The van der Waals surface area contributed by atoms with Gasteiger partial charge < -0.3 is 10.4 Å². The number of anilines is 1. The highest BCUT2D eigenvalue weighted by molar-refractivity contribution is 5.88. The fraction of sp³-hybridized carbons (Fsp3) is 0.353. The first-order valence-electron chi connectivity index (χ1n) is 7.83. The molecule has 24 heavy (non-hydrogen) atoms. The van der Waals surface area contributed by atoms with Crippen LogP contribution in [0.4, 0.5) is 10.6 Å². The Morgan fingerprint density at radius 3 is 2.54 bits per heavy atom. The summed E-state index contributed by atoms with van der Waals surface area (Å²) in [5.74, 6) is 0.0800. The van der Waals surface area contributed by atoms with E-state index < -0.39 is 12.0 Å². The van der Waals surface area contributed by atoms with Gasteiger partial charge in [-0.2, -0.15) is 5.10 Å². The predicted molar refractivity (Wildman–Crippen MR) is 91.1 cm³/mol. The first-order valence-corrected chi connectivity index (χ1v) is 7.83. The molecule has 0 fully saturated rings. The molecule has 0 saturated carbocycles. The minimum atomic E-state index is -0.954. The van der Waals surface area contributed by atoms with E-state index in [9.17, 15) is 9.59 Å². The largest absolute Gasteiger partial charge is 0.481 e. The quantitative estimate of drug-likeness (QED) is 0.727. The number of urea groups is 1. The average Bonchev–Trinajstić information content (AvgIpc) is 2.94. The van der Waals surface area contributed by atoms with Crippen molar-refractivity contribution in [1.29, 1.82) is 0 Å². The van der Waals surface area contributed by atoms with Crippen molar-refractivity contribution in [1.82, 2.24) is 15.1 Å². The Hall–Kier alpha value is -2.83. The summed E-state index contributed by atoms with van der Waals surface area (Å²) < 4.78 is 1.68. The van der Waals surface area contributed by atoms with E-state index in [-0.39, 0.29) is 13.0 Å². The molecule has 0 spiro atoms. The number of carbonyl (C=O) groups excluding carboxylic acids is 1. The molecule has 7 nitrogen and oxygen atoms in total. The van der Waals surface area contributed by atoms with Crippen LogP contribution in [0.5, 0.6) is 0 Å². The highest BCUT2D eigenvalue weighted by atomic mass is 16.4. The zero-order valence-corrected chi connectivity index (χ0v) is 13.8. The van der Waals surface area contributed by atoms with Crippen molar-refractivity contribution in [3.63, 3.8) is 0 Å². The van der Waals surface area contributed by atoms with Gasteiger partial charge in [0.2, 0.25) is 0 Å². The van der Waals surface area contributed by atoms with Gasteiger partial charge in [-0.25, -0.2) is 9.48 Å². The van der Waals surface area contributed by atoms with Gasteiger partial charge >= 0.3 is 12.0 Å². The van der Waals surface area contributed by atoms with Gasteiger partial charge in [0.25, 0.3) is 0 Å². The third-order valence-electron chi connectivity index (χ3n) is 3.56. The molecule has 0 unspecified atom stereocenters. The van der Waals surface area contributed by atoms with Crippen LogP contribution in [0.2, 0.25) is 0 Å². The second kappa shape index (κ2) is 8.14. The molecule has 2 amide bonds. The van der Waals surface area contributed by atoms with Crippen LogP contribution in [0.3, 0.4) is 0 Å². The summed E-state index contributed by atoms with van der Waals surface area (Å²) in [6.07, 6.45) is 1.49. The van der Waals surface area contributed by atoms with Crippen LogP contribution in [0.15, 0.2) is 36.5 Å². The van der Waals surface area contributed by atoms with Crippen LogP contribution in [0, 0.1) is 0 Å². The summed E-state index contributed by atoms with van der Waals surface area (Å²) in [6, 6.07) is 9.53. The van der Waals surface area contributed by atoms with Gasteiger partial charge in [0.15, 0.2) is 0 Å². The van der Waals surface area contributed by atoms with E-state index >= 15 is 0 Å². The number of aliphatic carboxylic acids is 1. The van der Waals surface area contributed by atoms with E-state index in [1.807, 2.05) is 12.1 Å². The summed E-state index contributed by atoms with van der Waals surface area (Å²) in [5.41, 5.74) is 2.35. The Morgan fingerprint density at radius 2 is 1.92 bits per heavy atom. The topological polar surface area (TPSA) is 96.3 Å². The molecule has 0 bridgehead atoms. The Balaban J connectivity index is 1.94. The molecule has 0 aliphatic heterocycles. The lowest BCUT2D eigenvalue weighted by Crippen LogP contribution is -2.31. The number of hydrogen-bond acceptors (Lipinski definition) is 3. The molecule has 3 N–H and O–H groups in total. The lowest BCUT2D eigenvalue weighted by Gasteiger charge is -2.11. The van der Waals surface area contributed by atoms with Crippen LogP contribution >= 0.6 is 0 Å². The molecule has 7 heteroatoms. The number of nitrogens with one attached hydrogen (secondary N) is 2. The smallest absolute Gasteiger partial charge is 0.320 e. The van der Waals surface area contributed by atoms with Crippen LogP contribution in [-0.4, -0.2) is 33.4 Å². The van der Waals surface area contributed by atoms with E-state index in [0.717, 1.165) is 5.56 Å². The number of nitrogens with zero attached hydrogens (tertiary/aromatic N) is 2. The molecular weight excluding hydrogens is 308 g/mol. The van der Waals surface area contributed by atoms with E-state index in [1.54, 1.807) is 16.9 Å². The molecule has 128 valence electrons. The second-order valence-corrected chi connectivity index (χ2v) is 5.80. The number of carboxylic acid groups (broad SMARTS) is 1. The van der Waals surface area contributed by atoms with Gasteiger partial charge in [0.1, 0.15) is 5.82 Å². The fourth-order valence-corrected chi connectivity index (χ4v) is 2.19. The van der Waals surface area contributed by atoms with Gasteiger partial charge in [-0.1, -0.05) is 38.1 Å². The Kier molecular flexibility index (Phi) is 5.95. The predicted octanol–water partition coefficient (Wildman–Crippen LogP) is 2.65. The van der Waals surface area contributed by atoms with Crippen LogP contribution in [-0.2, 0) is 11.3 Å². The minimum absolute atomic E-state index is 0.0754. The number of aromatic nitrogens is 2. The molecule has 1 heterocycles. The summed E-state index contributed by atoms with van der Waals surface area (Å²) in [7, 11) is 0. The van der Waals surface area contributed by atoms with E-state index in [4.69, 9.17) is 5.11 Å². The van der Waals surface area contributed by atoms with Crippen LogP contribution in [0.1, 0.15) is 37.3 Å². The molecular formula is C17H22N4O3. The first-order chi connectivity index (χ1) is 11.5. The zero-order valence-electron chi connectivity index (χ0n) is 13.8. The minimum Gasteiger partial charge on any atom is -0.481 e. The van der Waals surface area contributed by atoms with Crippen molar-refractivity contribution in [2.24, 2.45) is 0 Å². The molecule has 1 aromatic carbocycles. The SMILES string of the molecule is CC(C)c1ccc(Cn2nccc2NC(=O)NCCC(=O)O)cc1. The third kappa shape index (κ3) is 5.12. The highest BCUT2D eigenvalue weighted by Crippen LogP contribution is 2.16. The van der Waals surface area contributed by atoms with Gasteiger partial charge in [0.05, 0.1) is 19.2 Å². The monoisotopic (exact) mass is 330 g/mol. The number of hydrogen-bond donors (Lipinski definition) is 3. The summed E-state index contributed by atoms with van der Waals surface area (Å²) in [4.78, 5) is 22.2. The van der Waals surface area contributed by atoms with Gasteiger partial charge in [-0.3, -0.25) is 10.1 Å². The summed E-state index contributed by atoms with van der Waals surface area (Å²) in [5, 5.41) is 17.9. The van der Waals surface area contributed by atoms with E-state index in [0.29, 0.717) is 18.3 Å². The maximum Gasteiger partial charge on any atom is 0.320 e. The molecule has 2 rings (SSSR count). The van der Waals surface area contributed by atoms with Gasteiger partial charge in [-0.15, -0.1) is 0 Å². The van der Waals surface area contributed by atoms with Crippen molar-refractivity contribution in [3.8, 4) is 0 Å². The highest BCUT2D eigenvalue weighted by Gasteiger charge is 2.08. The molecule has 0 aliphatic carbocycles. The molecule has 0 aliphatic rings. The number of amides is 2. The van der Waals surface area contributed by atoms with Crippen LogP contribution in [0.25, 0.3) is 0 Å². The number of carboxylic acids is 1. The molecule has 0 atom stereocenters. The standard InChI is InChI=1S/C17H22N4O3/c1-12(2)14-5-3-13(4-6-14)11-21-15(7-10-19-21)20-17(24)18-9-8-16(22)23/h3-7,10,12H,8-9,11H2,1-2H3,(H,22,23)(H2,18,20,24). The van der Waals surface area contributed by atoms with Crippen molar-refractivity contribution in [2.75, 3.05) is 11.9 Å². The second-order valence-electron chi connectivity index (χ2n) is 5.80. The van der Waals surface area contributed by atoms with Crippen molar-refractivity contribution in [3.05, 3.63) is 47.7 Å². The molecule has 2 aromatic rings. The maximum atomic E-state index is 11.8. The van der Waals surface area contributed by atoms with E-state index in [2.05, 4.69) is 41.7 Å². The first kappa shape index (κ1) is 17.5. The molecule has 0 saturated heterocycles. The Labute approximate surface area is 140 Å².